The number of aromatic nitrogens is 4. The van der Waals surface area contributed by atoms with Gasteiger partial charge < -0.3 is 14.6 Å². The van der Waals surface area contributed by atoms with E-state index in [1.165, 1.54) is 35.0 Å². The number of rotatable bonds is 6. The molecule has 0 aliphatic heterocycles. The van der Waals surface area contributed by atoms with Gasteiger partial charge in [0, 0.05) is 17.7 Å². The topological polar surface area (TPSA) is 143 Å². The molecule has 26 heavy (non-hydrogen) atoms. The zero-order chi connectivity index (χ0) is 18.8. The van der Waals surface area contributed by atoms with Gasteiger partial charge in [-0.15, -0.1) is 0 Å². The van der Waals surface area contributed by atoms with Gasteiger partial charge in [-0.25, -0.2) is 0 Å². The number of hydrogen-bond donors (Lipinski definition) is 0. The first-order valence-electron chi connectivity index (χ1n) is 7.69. The normalized spacial score (nSPS) is 12.1. The second-order valence-electron chi connectivity index (χ2n) is 5.53. The highest BCUT2D eigenvalue weighted by molar-refractivity contribution is 5.56. The Morgan fingerprint density at radius 2 is 1.88 bits per heavy atom. The van der Waals surface area contributed by atoms with E-state index in [1.54, 1.807) is 6.92 Å². The summed E-state index contributed by atoms with van der Waals surface area (Å²) in [7, 11) is 0. The quantitative estimate of drug-likeness (QED) is 0.483. The SMILES string of the molecule is CCC(c1nc(-c2ccc([N+](=O)[O-])cc2)no1)n1nc([N+](=O)[O-])cc1C. The molecular formula is C15H14N6O5. The van der Waals surface area contributed by atoms with Gasteiger partial charge in [0.2, 0.25) is 5.82 Å². The van der Waals surface area contributed by atoms with Crippen molar-refractivity contribution in [1.29, 1.82) is 0 Å². The van der Waals surface area contributed by atoms with Gasteiger partial charge in [0.25, 0.3) is 11.6 Å². The monoisotopic (exact) mass is 358 g/mol. The minimum Gasteiger partial charge on any atom is -0.358 e. The smallest absolute Gasteiger partial charge is 0.358 e. The molecule has 0 spiro atoms. The third-order valence-corrected chi connectivity index (χ3v) is 3.84. The van der Waals surface area contributed by atoms with Crippen molar-refractivity contribution in [2.45, 2.75) is 26.3 Å². The molecule has 0 amide bonds. The van der Waals surface area contributed by atoms with Crippen LogP contribution in [0, 0.1) is 27.2 Å². The number of nitrogens with zero attached hydrogens (tertiary/aromatic N) is 6. The molecular weight excluding hydrogens is 344 g/mol. The number of benzene rings is 1. The van der Waals surface area contributed by atoms with Crippen molar-refractivity contribution in [1.82, 2.24) is 19.9 Å². The minimum atomic E-state index is -0.563. The van der Waals surface area contributed by atoms with E-state index in [0.717, 1.165) is 0 Å². The maximum Gasteiger partial charge on any atom is 0.390 e. The molecule has 0 fully saturated rings. The summed E-state index contributed by atoms with van der Waals surface area (Å²) in [6.07, 6.45) is 0.529. The standard InChI is InChI=1S/C15H14N6O5/c1-3-12(19-9(2)8-13(17-19)21(24)25)15-16-14(18-26-15)10-4-6-11(7-5-10)20(22)23/h4-8,12H,3H2,1-2H3. The van der Waals surface area contributed by atoms with Crippen LogP contribution in [-0.2, 0) is 0 Å². The molecule has 0 bridgehead atoms. The van der Waals surface area contributed by atoms with Crippen LogP contribution in [0.2, 0.25) is 0 Å². The third-order valence-electron chi connectivity index (χ3n) is 3.84. The van der Waals surface area contributed by atoms with E-state index < -0.39 is 15.9 Å². The van der Waals surface area contributed by atoms with Crippen molar-refractivity contribution in [3.63, 3.8) is 0 Å². The molecule has 1 unspecified atom stereocenters. The van der Waals surface area contributed by atoms with E-state index in [0.29, 0.717) is 17.7 Å². The molecule has 11 nitrogen and oxygen atoms in total. The number of nitro groups is 2. The zero-order valence-corrected chi connectivity index (χ0v) is 13.9. The van der Waals surface area contributed by atoms with Crippen LogP contribution in [0.5, 0.6) is 0 Å². The molecule has 11 heteroatoms. The fourth-order valence-electron chi connectivity index (χ4n) is 2.55. The minimum absolute atomic E-state index is 0.0385. The van der Waals surface area contributed by atoms with Gasteiger partial charge >= 0.3 is 5.82 Å². The summed E-state index contributed by atoms with van der Waals surface area (Å²) in [5.41, 5.74) is 1.12. The number of hydrogen-bond acceptors (Lipinski definition) is 8. The predicted octanol–water partition coefficient (Wildman–Crippen LogP) is 3.06. The summed E-state index contributed by atoms with van der Waals surface area (Å²) in [6, 6.07) is 6.67. The van der Waals surface area contributed by atoms with Gasteiger partial charge in [-0.3, -0.25) is 10.1 Å². The first-order valence-corrected chi connectivity index (χ1v) is 7.69. The highest BCUT2D eigenvalue weighted by atomic mass is 16.6. The Labute approximate surface area is 146 Å². The lowest BCUT2D eigenvalue weighted by Gasteiger charge is -2.08. The summed E-state index contributed by atoms with van der Waals surface area (Å²) in [6.45, 7) is 3.57. The highest BCUT2D eigenvalue weighted by Crippen LogP contribution is 2.27. The molecule has 0 saturated carbocycles. The number of aryl methyl sites for hydroxylation is 1. The lowest BCUT2D eigenvalue weighted by Crippen LogP contribution is -2.13. The van der Waals surface area contributed by atoms with E-state index >= 15 is 0 Å². The first-order chi connectivity index (χ1) is 12.4. The zero-order valence-electron chi connectivity index (χ0n) is 13.9. The molecule has 0 saturated heterocycles. The second kappa shape index (κ2) is 6.70. The van der Waals surface area contributed by atoms with Crippen LogP contribution < -0.4 is 0 Å². The van der Waals surface area contributed by atoms with Crippen molar-refractivity contribution in [3.05, 3.63) is 62.1 Å². The summed E-state index contributed by atoms with van der Waals surface area (Å²) in [5.74, 6) is 0.269. The molecule has 1 atom stereocenters. The molecule has 0 radical (unpaired) electrons. The Morgan fingerprint density at radius 3 is 2.42 bits per heavy atom. The summed E-state index contributed by atoms with van der Waals surface area (Å²) in [5, 5.41) is 29.5. The van der Waals surface area contributed by atoms with E-state index in [-0.39, 0.29) is 23.2 Å². The first kappa shape index (κ1) is 17.2. The predicted molar refractivity (Wildman–Crippen MR) is 88.4 cm³/mol. The molecule has 134 valence electrons. The maximum absolute atomic E-state index is 10.9. The van der Waals surface area contributed by atoms with Gasteiger partial charge in [0.05, 0.1) is 21.8 Å². The Kier molecular flexibility index (Phi) is 4.43. The molecule has 2 aromatic heterocycles. The van der Waals surface area contributed by atoms with Gasteiger partial charge in [-0.05, 0) is 30.4 Å². The Balaban J connectivity index is 1.92. The summed E-state index contributed by atoms with van der Waals surface area (Å²) < 4.78 is 6.78. The number of nitro benzene ring substituents is 1. The van der Waals surface area contributed by atoms with Crippen LogP contribution in [0.1, 0.15) is 31.0 Å². The summed E-state index contributed by atoms with van der Waals surface area (Å²) >= 11 is 0. The Bertz CT molecular complexity index is 961. The third kappa shape index (κ3) is 3.14. The molecule has 3 rings (SSSR count). The molecule has 0 N–H and O–H groups in total. The Hall–Kier alpha value is -3.63. The van der Waals surface area contributed by atoms with Crippen LogP contribution in [0.25, 0.3) is 11.4 Å². The lowest BCUT2D eigenvalue weighted by atomic mass is 10.2. The summed E-state index contributed by atoms with van der Waals surface area (Å²) in [4.78, 5) is 24.9. The van der Waals surface area contributed by atoms with E-state index in [9.17, 15) is 20.2 Å². The van der Waals surface area contributed by atoms with Crippen LogP contribution >= 0.6 is 0 Å². The van der Waals surface area contributed by atoms with Gasteiger partial charge in [0.15, 0.2) is 6.04 Å². The van der Waals surface area contributed by atoms with Crippen molar-refractivity contribution in [3.8, 4) is 11.4 Å². The Morgan fingerprint density at radius 1 is 1.19 bits per heavy atom. The van der Waals surface area contributed by atoms with E-state index in [4.69, 9.17) is 4.52 Å². The second-order valence-corrected chi connectivity index (χ2v) is 5.53. The average molecular weight is 358 g/mol. The van der Waals surface area contributed by atoms with Crippen LogP contribution in [0.3, 0.4) is 0 Å². The number of non-ortho nitro benzene ring substituents is 1. The van der Waals surface area contributed by atoms with Gasteiger partial charge in [-0.2, -0.15) is 9.67 Å². The molecule has 3 aromatic rings. The molecule has 0 aliphatic carbocycles. The average Bonchev–Trinajstić information content (AvgIpc) is 3.24. The lowest BCUT2D eigenvalue weighted by molar-refractivity contribution is -0.389. The van der Waals surface area contributed by atoms with Crippen LogP contribution in [0.15, 0.2) is 34.9 Å². The van der Waals surface area contributed by atoms with Crippen molar-refractivity contribution >= 4 is 11.5 Å². The van der Waals surface area contributed by atoms with Crippen molar-refractivity contribution in [2.75, 3.05) is 0 Å². The van der Waals surface area contributed by atoms with E-state index in [1.807, 2.05) is 6.92 Å². The largest absolute Gasteiger partial charge is 0.390 e. The van der Waals surface area contributed by atoms with Gasteiger partial charge in [-0.1, -0.05) is 12.1 Å². The fraction of sp³-hybridized carbons (Fsp3) is 0.267. The maximum atomic E-state index is 10.9. The van der Waals surface area contributed by atoms with E-state index in [2.05, 4.69) is 15.2 Å². The molecule has 2 heterocycles. The van der Waals surface area contributed by atoms with Crippen LogP contribution in [-0.4, -0.2) is 29.8 Å². The highest BCUT2D eigenvalue weighted by Gasteiger charge is 2.27. The molecule has 0 aliphatic rings. The van der Waals surface area contributed by atoms with Crippen molar-refractivity contribution in [2.24, 2.45) is 0 Å². The fourth-order valence-corrected chi connectivity index (χ4v) is 2.55. The molecule has 1 aromatic carbocycles. The van der Waals surface area contributed by atoms with Crippen molar-refractivity contribution < 1.29 is 14.4 Å². The van der Waals surface area contributed by atoms with Crippen LogP contribution in [0.4, 0.5) is 11.5 Å². The van der Waals surface area contributed by atoms with Gasteiger partial charge in [0.1, 0.15) is 0 Å².